The van der Waals surface area contributed by atoms with Gasteiger partial charge in [-0.1, -0.05) is 65.0 Å². The Balaban J connectivity index is 2.53. The van der Waals surface area contributed by atoms with Crippen molar-refractivity contribution in [1.29, 1.82) is 0 Å². The lowest BCUT2D eigenvalue weighted by Gasteiger charge is -2.34. The van der Waals surface area contributed by atoms with Gasteiger partial charge in [0.1, 0.15) is 0 Å². The molecule has 0 fully saturated rings. The van der Waals surface area contributed by atoms with Crippen LogP contribution in [0.25, 0.3) is 0 Å². The number of allylic oxidation sites excluding steroid dienone is 4. The zero-order valence-electron chi connectivity index (χ0n) is 14.0. The van der Waals surface area contributed by atoms with E-state index in [1.807, 2.05) is 0 Å². The lowest BCUT2D eigenvalue weighted by molar-refractivity contribution is 0.286. The summed E-state index contributed by atoms with van der Waals surface area (Å²) in [5, 5.41) is 0. The van der Waals surface area contributed by atoms with Gasteiger partial charge in [-0.05, 0) is 31.6 Å². The third-order valence-electron chi connectivity index (χ3n) is 4.07. The molecule has 1 aliphatic rings. The fraction of sp³-hybridized carbons (Fsp3) is 0.684. The second-order valence-electron chi connectivity index (χ2n) is 6.97. The highest BCUT2D eigenvalue weighted by molar-refractivity contribution is 5.07. The Kier molecular flexibility index (Phi) is 7.12. The van der Waals surface area contributed by atoms with E-state index in [-0.39, 0.29) is 5.41 Å². The van der Waals surface area contributed by atoms with Crippen molar-refractivity contribution in [3.8, 4) is 0 Å². The minimum Gasteiger partial charge on any atom is -0.371 e. The fourth-order valence-corrected chi connectivity index (χ4v) is 2.53. The van der Waals surface area contributed by atoms with Crippen molar-refractivity contribution >= 4 is 0 Å². The topological polar surface area (TPSA) is 3.24 Å². The normalized spacial score (nSPS) is 19.5. The minimum absolute atomic E-state index is 0.162. The Labute approximate surface area is 126 Å². The molecule has 0 saturated carbocycles. The van der Waals surface area contributed by atoms with E-state index in [4.69, 9.17) is 0 Å². The van der Waals surface area contributed by atoms with Gasteiger partial charge >= 0.3 is 0 Å². The second-order valence-corrected chi connectivity index (χ2v) is 6.97. The highest BCUT2D eigenvalue weighted by atomic mass is 15.1. The molecule has 0 spiro atoms. The predicted molar refractivity (Wildman–Crippen MR) is 90.7 cm³/mol. The van der Waals surface area contributed by atoms with Gasteiger partial charge in [0.05, 0.1) is 0 Å². The Morgan fingerprint density at radius 1 is 1.35 bits per heavy atom. The maximum absolute atomic E-state index is 4.33. The Hall–Kier alpha value is -0.980. The van der Waals surface area contributed by atoms with E-state index in [1.54, 1.807) is 0 Å². The summed E-state index contributed by atoms with van der Waals surface area (Å²) in [6.45, 7) is 15.5. The molecular formula is C19H33N. The summed E-state index contributed by atoms with van der Waals surface area (Å²) >= 11 is 0. The van der Waals surface area contributed by atoms with Crippen molar-refractivity contribution in [2.24, 2.45) is 11.3 Å². The lowest BCUT2D eigenvalue weighted by atomic mass is 9.91. The van der Waals surface area contributed by atoms with Crippen LogP contribution in [-0.4, -0.2) is 18.0 Å². The molecule has 0 aromatic carbocycles. The Morgan fingerprint density at radius 3 is 2.65 bits per heavy atom. The smallest absolute Gasteiger partial charge is 0.0356 e. The largest absolute Gasteiger partial charge is 0.371 e. The van der Waals surface area contributed by atoms with Gasteiger partial charge < -0.3 is 4.90 Å². The van der Waals surface area contributed by atoms with E-state index in [2.05, 4.69) is 63.5 Å². The molecule has 0 N–H and O–H groups in total. The molecule has 1 rings (SSSR count). The van der Waals surface area contributed by atoms with Gasteiger partial charge in [-0.3, -0.25) is 0 Å². The van der Waals surface area contributed by atoms with Gasteiger partial charge in [-0.15, -0.1) is 0 Å². The summed E-state index contributed by atoms with van der Waals surface area (Å²) in [5.41, 5.74) is 1.42. The number of unbranched alkanes of at least 4 members (excludes halogenated alkanes) is 1. The van der Waals surface area contributed by atoms with Crippen LogP contribution < -0.4 is 0 Å². The maximum Gasteiger partial charge on any atom is 0.0356 e. The average Bonchev–Trinajstić information content (AvgIpc) is 2.42. The summed E-state index contributed by atoms with van der Waals surface area (Å²) in [4.78, 5) is 2.46. The summed E-state index contributed by atoms with van der Waals surface area (Å²) < 4.78 is 0. The predicted octanol–water partition coefficient (Wildman–Crippen LogP) is 5.56. The number of rotatable bonds is 7. The van der Waals surface area contributed by atoms with E-state index in [9.17, 15) is 0 Å². The summed E-state index contributed by atoms with van der Waals surface area (Å²) in [7, 11) is 0. The van der Waals surface area contributed by atoms with Crippen molar-refractivity contribution in [1.82, 2.24) is 4.90 Å². The van der Waals surface area contributed by atoms with Crippen molar-refractivity contribution in [3.63, 3.8) is 0 Å². The molecule has 1 nitrogen and oxygen atoms in total. The zero-order valence-corrected chi connectivity index (χ0v) is 14.0. The fourth-order valence-electron chi connectivity index (χ4n) is 2.53. The van der Waals surface area contributed by atoms with Gasteiger partial charge in [0.25, 0.3) is 0 Å². The molecule has 0 aromatic rings. The third kappa shape index (κ3) is 5.98. The van der Waals surface area contributed by atoms with Gasteiger partial charge in [-0.25, -0.2) is 0 Å². The molecule has 0 aromatic heterocycles. The SMILES string of the molecule is C=C(N(C/C=C/C1CC=CCC1)CCCC)C(C)(C)C. The first-order valence-electron chi connectivity index (χ1n) is 8.21. The van der Waals surface area contributed by atoms with Gasteiger partial charge in [-0.2, -0.15) is 0 Å². The van der Waals surface area contributed by atoms with Crippen LogP contribution in [-0.2, 0) is 0 Å². The molecule has 0 amide bonds. The highest BCUT2D eigenvalue weighted by Crippen LogP contribution is 2.27. The monoisotopic (exact) mass is 275 g/mol. The minimum atomic E-state index is 0.162. The first-order valence-corrected chi connectivity index (χ1v) is 8.21. The summed E-state index contributed by atoms with van der Waals surface area (Å²) in [6, 6.07) is 0. The molecule has 1 heteroatoms. The Morgan fingerprint density at radius 2 is 2.10 bits per heavy atom. The van der Waals surface area contributed by atoms with Crippen molar-refractivity contribution in [2.45, 2.75) is 59.8 Å². The average molecular weight is 275 g/mol. The van der Waals surface area contributed by atoms with Crippen LogP contribution in [0.4, 0.5) is 0 Å². The molecule has 1 atom stereocenters. The van der Waals surface area contributed by atoms with Crippen LogP contribution >= 0.6 is 0 Å². The first-order chi connectivity index (χ1) is 9.45. The molecule has 114 valence electrons. The van der Waals surface area contributed by atoms with Gasteiger partial charge in [0.2, 0.25) is 0 Å². The van der Waals surface area contributed by atoms with Gasteiger partial charge in [0, 0.05) is 24.2 Å². The van der Waals surface area contributed by atoms with Crippen LogP contribution in [0.5, 0.6) is 0 Å². The Bertz CT molecular complexity index is 343. The molecule has 0 bridgehead atoms. The summed E-state index contributed by atoms with van der Waals surface area (Å²) in [5.74, 6) is 0.746. The number of hydrogen-bond donors (Lipinski definition) is 0. The third-order valence-corrected chi connectivity index (χ3v) is 4.07. The molecule has 0 saturated heterocycles. The van der Waals surface area contributed by atoms with Crippen LogP contribution in [0, 0.1) is 11.3 Å². The van der Waals surface area contributed by atoms with E-state index in [0.29, 0.717) is 0 Å². The van der Waals surface area contributed by atoms with Crippen molar-refractivity contribution in [2.75, 3.05) is 13.1 Å². The summed E-state index contributed by atoms with van der Waals surface area (Å²) in [6.07, 6.45) is 15.6. The lowest BCUT2D eigenvalue weighted by Crippen LogP contribution is -2.30. The highest BCUT2D eigenvalue weighted by Gasteiger charge is 2.19. The van der Waals surface area contributed by atoms with Crippen LogP contribution in [0.1, 0.15) is 59.8 Å². The van der Waals surface area contributed by atoms with Gasteiger partial charge in [0.15, 0.2) is 0 Å². The van der Waals surface area contributed by atoms with Crippen molar-refractivity contribution in [3.05, 3.63) is 36.6 Å². The molecular weight excluding hydrogens is 242 g/mol. The van der Waals surface area contributed by atoms with Crippen molar-refractivity contribution < 1.29 is 0 Å². The van der Waals surface area contributed by atoms with Crippen LogP contribution in [0.15, 0.2) is 36.6 Å². The van der Waals surface area contributed by atoms with Crippen LogP contribution in [0.2, 0.25) is 0 Å². The zero-order chi connectivity index (χ0) is 15.0. The van der Waals surface area contributed by atoms with Crippen LogP contribution in [0.3, 0.4) is 0 Å². The maximum atomic E-state index is 4.33. The van der Waals surface area contributed by atoms with E-state index < -0.39 is 0 Å². The van der Waals surface area contributed by atoms with E-state index >= 15 is 0 Å². The quantitative estimate of drug-likeness (QED) is 0.550. The molecule has 0 radical (unpaired) electrons. The first kappa shape index (κ1) is 17.1. The molecule has 0 aliphatic heterocycles. The van der Waals surface area contributed by atoms with E-state index in [0.717, 1.165) is 19.0 Å². The molecule has 20 heavy (non-hydrogen) atoms. The molecule has 1 aliphatic carbocycles. The van der Waals surface area contributed by atoms with E-state index in [1.165, 1.54) is 37.8 Å². The number of nitrogens with zero attached hydrogens (tertiary/aromatic N) is 1. The molecule has 1 unspecified atom stereocenters. The standard InChI is InChI=1S/C19H33N/c1-6-7-15-20(17(2)19(3,4)5)16-11-14-18-12-9-8-10-13-18/h8-9,11,14,18H,2,6-7,10,12-13,15-16H2,1,3-5H3/b14-11+. The number of hydrogen-bond acceptors (Lipinski definition) is 1. The second kappa shape index (κ2) is 8.34. The molecule has 0 heterocycles.